The SMILES string of the molecule is CC1(C)C2CCC1(C)C(Nc1ccc([N+](=O)[O-])c(Cl)c1)C2. The molecule has 0 spiro atoms. The topological polar surface area (TPSA) is 55.2 Å². The number of hydrogen-bond donors (Lipinski definition) is 1. The number of hydrogen-bond acceptors (Lipinski definition) is 3. The van der Waals surface area contributed by atoms with Crippen LogP contribution in [0.4, 0.5) is 11.4 Å². The number of rotatable bonds is 3. The molecule has 3 unspecified atom stereocenters. The van der Waals surface area contributed by atoms with Gasteiger partial charge in [-0.15, -0.1) is 0 Å². The second-order valence-electron chi connectivity index (χ2n) is 7.23. The summed E-state index contributed by atoms with van der Waals surface area (Å²) in [7, 11) is 0. The largest absolute Gasteiger partial charge is 0.382 e. The normalized spacial score (nSPS) is 33.1. The molecule has 0 aliphatic heterocycles. The van der Waals surface area contributed by atoms with E-state index in [0.29, 0.717) is 11.5 Å². The van der Waals surface area contributed by atoms with Crippen LogP contribution in [0.1, 0.15) is 40.0 Å². The van der Waals surface area contributed by atoms with Crippen LogP contribution in [0.3, 0.4) is 0 Å². The van der Waals surface area contributed by atoms with Gasteiger partial charge in [-0.25, -0.2) is 0 Å². The van der Waals surface area contributed by atoms with Crippen LogP contribution in [0.15, 0.2) is 18.2 Å². The van der Waals surface area contributed by atoms with Gasteiger partial charge in [0.1, 0.15) is 5.02 Å². The molecule has 5 heteroatoms. The van der Waals surface area contributed by atoms with Gasteiger partial charge in [-0.2, -0.15) is 0 Å². The van der Waals surface area contributed by atoms with E-state index >= 15 is 0 Å². The molecule has 2 bridgehead atoms. The smallest absolute Gasteiger partial charge is 0.288 e. The van der Waals surface area contributed by atoms with Gasteiger partial charge in [0.25, 0.3) is 5.69 Å². The standard InChI is InChI=1S/C16H21ClN2O2/c1-15(2)10-6-7-16(15,3)14(8-10)18-11-4-5-13(19(20)21)12(17)9-11/h4-5,9-10,14,18H,6-8H2,1-3H3. The van der Waals surface area contributed by atoms with E-state index in [1.165, 1.54) is 18.9 Å². The lowest BCUT2D eigenvalue weighted by molar-refractivity contribution is -0.384. The van der Waals surface area contributed by atoms with Crippen molar-refractivity contribution in [3.05, 3.63) is 33.3 Å². The molecule has 2 aliphatic carbocycles. The fraction of sp³-hybridized carbons (Fsp3) is 0.625. The third-order valence-corrected chi connectivity index (χ3v) is 6.58. The number of halogens is 1. The van der Waals surface area contributed by atoms with Gasteiger partial charge in [0.15, 0.2) is 0 Å². The maximum atomic E-state index is 10.8. The fourth-order valence-corrected chi connectivity index (χ4v) is 4.62. The molecule has 2 fully saturated rings. The number of benzene rings is 1. The van der Waals surface area contributed by atoms with Gasteiger partial charge in [0.05, 0.1) is 4.92 Å². The highest BCUT2D eigenvalue weighted by atomic mass is 35.5. The second-order valence-corrected chi connectivity index (χ2v) is 7.64. The molecule has 2 saturated carbocycles. The van der Waals surface area contributed by atoms with E-state index < -0.39 is 4.92 Å². The minimum absolute atomic E-state index is 0.0401. The molecule has 0 radical (unpaired) electrons. The number of nitrogens with zero attached hydrogens (tertiary/aromatic N) is 1. The Hall–Kier alpha value is -1.29. The molecule has 114 valence electrons. The van der Waals surface area contributed by atoms with E-state index in [2.05, 4.69) is 26.1 Å². The summed E-state index contributed by atoms with van der Waals surface area (Å²) in [5.74, 6) is 0.758. The van der Waals surface area contributed by atoms with E-state index in [9.17, 15) is 10.1 Å². The minimum Gasteiger partial charge on any atom is -0.382 e. The van der Waals surface area contributed by atoms with E-state index in [1.54, 1.807) is 12.1 Å². The molecule has 2 aliphatic rings. The van der Waals surface area contributed by atoms with Gasteiger partial charge in [0.2, 0.25) is 0 Å². The summed E-state index contributed by atoms with van der Waals surface area (Å²) >= 11 is 6.00. The third kappa shape index (κ3) is 2.03. The molecular weight excluding hydrogens is 288 g/mol. The highest BCUT2D eigenvalue weighted by molar-refractivity contribution is 6.32. The van der Waals surface area contributed by atoms with Crippen LogP contribution in [0.2, 0.25) is 5.02 Å². The first-order valence-electron chi connectivity index (χ1n) is 7.46. The Balaban J connectivity index is 1.83. The molecule has 3 rings (SSSR count). The van der Waals surface area contributed by atoms with E-state index in [-0.39, 0.29) is 16.1 Å². The summed E-state index contributed by atoms with van der Waals surface area (Å²) in [6.45, 7) is 7.11. The maximum absolute atomic E-state index is 10.8. The van der Waals surface area contributed by atoms with Crippen molar-refractivity contribution in [2.45, 2.75) is 46.1 Å². The Morgan fingerprint density at radius 2 is 2.10 bits per heavy atom. The Bertz CT molecular complexity index is 602. The molecule has 1 aromatic carbocycles. The Kier molecular flexibility index (Phi) is 3.21. The van der Waals surface area contributed by atoms with Crippen LogP contribution in [-0.4, -0.2) is 11.0 Å². The first kappa shape index (κ1) is 14.6. The number of anilines is 1. The van der Waals surface area contributed by atoms with Crippen molar-refractivity contribution in [1.82, 2.24) is 0 Å². The van der Waals surface area contributed by atoms with Gasteiger partial charge < -0.3 is 5.32 Å². The fourth-order valence-electron chi connectivity index (χ4n) is 4.37. The molecule has 4 nitrogen and oxygen atoms in total. The highest BCUT2D eigenvalue weighted by Crippen LogP contribution is 2.65. The van der Waals surface area contributed by atoms with Crippen LogP contribution >= 0.6 is 11.6 Å². The van der Waals surface area contributed by atoms with Gasteiger partial charge in [-0.3, -0.25) is 10.1 Å². The first-order valence-corrected chi connectivity index (χ1v) is 7.84. The van der Waals surface area contributed by atoms with Gasteiger partial charge in [0, 0.05) is 17.8 Å². The summed E-state index contributed by atoms with van der Waals surface area (Å²) in [4.78, 5) is 10.4. The maximum Gasteiger partial charge on any atom is 0.288 e. The van der Waals surface area contributed by atoms with E-state index in [1.807, 2.05) is 0 Å². The van der Waals surface area contributed by atoms with Crippen molar-refractivity contribution in [2.75, 3.05) is 5.32 Å². The highest BCUT2D eigenvalue weighted by Gasteiger charge is 2.61. The van der Waals surface area contributed by atoms with E-state index in [4.69, 9.17) is 11.6 Å². The van der Waals surface area contributed by atoms with Gasteiger partial charge in [-0.1, -0.05) is 32.4 Å². The van der Waals surface area contributed by atoms with Crippen molar-refractivity contribution in [3.8, 4) is 0 Å². The van der Waals surface area contributed by atoms with Crippen LogP contribution in [-0.2, 0) is 0 Å². The summed E-state index contributed by atoms with van der Waals surface area (Å²) in [6, 6.07) is 5.31. The van der Waals surface area contributed by atoms with Crippen LogP contribution in [0, 0.1) is 26.9 Å². The summed E-state index contributed by atoms with van der Waals surface area (Å²) < 4.78 is 0. The molecule has 21 heavy (non-hydrogen) atoms. The third-order valence-electron chi connectivity index (χ3n) is 6.28. The lowest BCUT2D eigenvalue weighted by Gasteiger charge is -2.40. The molecule has 1 N–H and O–H groups in total. The van der Waals surface area contributed by atoms with Crippen molar-refractivity contribution in [2.24, 2.45) is 16.7 Å². The first-order chi connectivity index (χ1) is 9.75. The molecular formula is C16H21ClN2O2. The zero-order valence-electron chi connectivity index (χ0n) is 12.6. The second kappa shape index (κ2) is 4.60. The predicted molar refractivity (Wildman–Crippen MR) is 84.7 cm³/mol. The Labute approximate surface area is 130 Å². The zero-order valence-corrected chi connectivity index (χ0v) is 13.4. The molecule has 0 aromatic heterocycles. The Morgan fingerprint density at radius 3 is 2.57 bits per heavy atom. The molecule has 0 saturated heterocycles. The van der Waals surface area contributed by atoms with Crippen molar-refractivity contribution in [3.63, 3.8) is 0 Å². The molecule has 1 aromatic rings. The number of nitro groups is 1. The van der Waals surface area contributed by atoms with Crippen LogP contribution < -0.4 is 5.32 Å². The summed E-state index contributed by atoms with van der Waals surface area (Å²) in [5.41, 5.74) is 1.45. The number of fused-ring (bicyclic) bond motifs is 2. The lowest BCUT2D eigenvalue weighted by Crippen LogP contribution is -2.40. The lowest BCUT2D eigenvalue weighted by atomic mass is 9.69. The van der Waals surface area contributed by atoms with E-state index in [0.717, 1.165) is 18.0 Å². The summed E-state index contributed by atoms with van der Waals surface area (Å²) in [6.07, 6.45) is 3.71. The number of nitro benzene ring substituents is 1. The monoisotopic (exact) mass is 308 g/mol. The van der Waals surface area contributed by atoms with Crippen molar-refractivity contribution < 1.29 is 4.92 Å². The van der Waals surface area contributed by atoms with Crippen LogP contribution in [0.25, 0.3) is 0 Å². The molecule has 0 heterocycles. The van der Waals surface area contributed by atoms with Crippen molar-refractivity contribution >= 4 is 23.0 Å². The van der Waals surface area contributed by atoms with Crippen molar-refractivity contribution in [1.29, 1.82) is 0 Å². The number of nitrogens with one attached hydrogen (secondary N) is 1. The average molecular weight is 309 g/mol. The predicted octanol–water partition coefficient (Wildman–Crippen LogP) is 4.87. The Morgan fingerprint density at radius 1 is 1.38 bits per heavy atom. The summed E-state index contributed by atoms with van der Waals surface area (Å²) in [5, 5.41) is 14.6. The minimum atomic E-state index is -0.450. The van der Waals surface area contributed by atoms with Crippen LogP contribution in [0.5, 0.6) is 0 Å². The average Bonchev–Trinajstić information content (AvgIpc) is 2.71. The van der Waals surface area contributed by atoms with Gasteiger partial charge in [-0.05, 0) is 48.1 Å². The van der Waals surface area contributed by atoms with Gasteiger partial charge >= 0.3 is 0 Å². The molecule has 3 atom stereocenters. The zero-order chi connectivity index (χ0) is 15.4. The molecule has 0 amide bonds. The quantitative estimate of drug-likeness (QED) is 0.640.